The molecule has 0 amide bonds. The monoisotopic (exact) mass is 586 g/mol. The summed E-state index contributed by atoms with van der Waals surface area (Å²) in [7, 11) is 3.00. The van der Waals surface area contributed by atoms with Crippen molar-refractivity contribution >= 4 is 23.4 Å². The maximum Gasteiger partial charge on any atom is 0.338 e. The van der Waals surface area contributed by atoms with Gasteiger partial charge in [-0.15, -0.1) is 0 Å². The van der Waals surface area contributed by atoms with Crippen LogP contribution in [0.15, 0.2) is 87.8 Å². The van der Waals surface area contributed by atoms with E-state index >= 15 is 0 Å². The number of benzene rings is 3. The van der Waals surface area contributed by atoms with Gasteiger partial charge in [0.05, 0.1) is 42.7 Å². The van der Waals surface area contributed by atoms with Gasteiger partial charge in [-0.05, 0) is 60.9 Å². The first-order valence-electron chi connectivity index (χ1n) is 13.3. The number of nitrogens with zero attached hydrogens (tertiary/aromatic N) is 2. The van der Waals surface area contributed by atoms with Crippen molar-refractivity contribution in [3.05, 3.63) is 114 Å². The lowest BCUT2D eigenvalue weighted by molar-refractivity contribution is -0.139. The minimum absolute atomic E-state index is 0.00375. The van der Waals surface area contributed by atoms with E-state index in [-0.39, 0.29) is 29.2 Å². The van der Waals surface area contributed by atoms with E-state index < -0.39 is 12.0 Å². The highest BCUT2D eigenvalue weighted by atomic mass is 32.1. The molecule has 0 spiro atoms. The number of aromatic hydroxyl groups is 1. The van der Waals surface area contributed by atoms with Crippen LogP contribution in [0.25, 0.3) is 6.08 Å². The first kappa shape index (κ1) is 28.7. The van der Waals surface area contributed by atoms with E-state index in [0.717, 1.165) is 5.56 Å². The Hall–Kier alpha value is -4.83. The van der Waals surface area contributed by atoms with E-state index in [1.54, 1.807) is 51.3 Å². The summed E-state index contributed by atoms with van der Waals surface area (Å²) in [5.74, 6) is 0.717. The zero-order valence-corrected chi connectivity index (χ0v) is 24.4. The van der Waals surface area contributed by atoms with Gasteiger partial charge in [-0.1, -0.05) is 53.8 Å². The molecular formula is C32H30N2O7S. The summed E-state index contributed by atoms with van der Waals surface area (Å²) in [6.07, 6.45) is 1.70. The normalized spacial score (nSPS) is 14.7. The van der Waals surface area contributed by atoms with Crippen LogP contribution in [-0.2, 0) is 16.1 Å². The number of phenolic OH excluding ortho intramolecular Hbond substituents is 1. The van der Waals surface area contributed by atoms with Gasteiger partial charge in [0.2, 0.25) is 0 Å². The maximum absolute atomic E-state index is 13.9. The molecule has 42 heavy (non-hydrogen) atoms. The largest absolute Gasteiger partial charge is 0.504 e. The van der Waals surface area contributed by atoms with Gasteiger partial charge in [0.15, 0.2) is 27.8 Å². The third-order valence-electron chi connectivity index (χ3n) is 6.76. The second-order valence-corrected chi connectivity index (χ2v) is 10.4. The quantitative estimate of drug-likeness (QED) is 0.294. The maximum atomic E-state index is 13.9. The number of ether oxygens (including phenoxy) is 4. The SMILES string of the molecule is CCOC(=O)C1=C(C)N=c2s/c(=C\c3ccc(O)c(OC)c3)c(=O)n2C1c1ccc(OCc2ccccc2)c(OC)c1. The highest BCUT2D eigenvalue weighted by Gasteiger charge is 2.34. The van der Waals surface area contributed by atoms with Gasteiger partial charge in [-0.3, -0.25) is 9.36 Å². The Kier molecular flexibility index (Phi) is 8.44. The number of esters is 1. The van der Waals surface area contributed by atoms with Crippen LogP contribution in [0.2, 0.25) is 0 Å². The lowest BCUT2D eigenvalue weighted by Gasteiger charge is -2.25. The van der Waals surface area contributed by atoms with E-state index in [9.17, 15) is 14.7 Å². The van der Waals surface area contributed by atoms with Gasteiger partial charge in [0.25, 0.3) is 5.56 Å². The number of thiazole rings is 1. The highest BCUT2D eigenvalue weighted by Crippen LogP contribution is 2.36. The first-order chi connectivity index (χ1) is 20.3. The van der Waals surface area contributed by atoms with Gasteiger partial charge in [-0.25, -0.2) is 9.79 Å². The van der Waals surface area contributed by atoms with Crippen LogP contribution in [0, 0.1) is 0 Å². The number of hydrogen-bond acceptors (Lipinski definition) is 9. The molecule has 0 radical (unpaired) electrons. The number of methoxy groups -OCH3 is 2. The summed E-state index contributed by atoms with van der Waals surface area (Å²) >= 11 is 1.21. The Morgan fingerprint density at radius 3 is 2.50 bits per heavy atom. The van der Waals surface area contributed by atoms with Crippen molar-refractivity contribution in [3.63, 3.8) is 0 Å². The number of phenols is 1. The summed E-state index contributed by atoms with van der Waals surface area (Å²) in [4.78, 5) is 32.2. The number of hydrogen-bond donors (Lipinski definition) is 1. The van der Waals surface area contributed by atoms with Crippen molar-refractivity contribution in [1.29, 1.82) is 0 Å². The summed E-state index contributed by atoms with van der Waals surface area (Å²) in [5.41, 5.74) is 2.70. The molecule has 1 atom stereocenters. The fraction of sp³-hybridized carbons (Fsp3) is 0.219. The molecule has 10 heteroatoms. The van der Waals surface area contributed by atoms with Crippen LogP contribution in [0.4, 0.5) is 0 Å². The molecule has 4 aromatic rings. The molecule has 1 aliphatic heterocycles. The molecule has 9 nitrogen and oxygen atoms in total. The van der Waals surface area contributed by atoms with Crippen LogP contribution in [0.1, 0.15) is 36.6 Å². The molecule has 1 aliphatic rings. The predicted octanol–water partition coefficient (Wildman–Crippen LogP) is 4.10. The van der Waals surface area contributed by atoms with Gasteiger partial charge in [0, 0.05) is 0 Å². The Balaban J connectivity index is 1.62. The second kappa shape index (κ2) is 12.4. The molecular weight excluding hydrogens is 556 g/mol. The standard InChI is InChI=1S/C32H30N2O7S/c1-5-40-31(37)28-19(2)33-32-34(30(36)27(42-32)16-21-11-13-23(35)25(15-21)38-3)29(28)22-12-14-24(26(17-22)39-4)41-18-20-9-7-6-8-10-20/h6-17,29,35H,5,18H2,1-4H3/b27-16-. The third-order valence-corrected chi connectivity index (χ3v) is 7.74. The highest BCUT2D eigenvalue weighted by molar-refractivity contribution is 7.07. The number of rotatable bonds is 9. The van der Waals surface area contributed by atoms with Crippen LogP contribution < -0.4 is 29.1 Å². The summed E-state index contributed by atoms with van der Waals surface area (Å²) in [6.45, 7) is 3.98. The van der Waals surface area contributed by atoms with Gasteiger partial charge >= 0.3 is 5.97 Å². The molecule has 0 saturated carbocycles. The zero-order valence-electron chi connectivity index (χ0n) is 23.6. The van der Waals surface area contributed by atoms with Crippen molar-refractivity contribution in [2.75, 3.05) is 20.8 Å². The van der Waals surface area contributed by atoms with Crippen LogP contribution in [-0.4, -0.2) is 36.5 Å². The lowest BCUT2D eigenvalue weighted by Crippen LogP contribution is -2.40. The van der Waals surface area contributed by atoms with Crippen LogP contribution >= 0.6 is 11.3 Å². The van der Waals surface area contributed by atoms with Crippen molar-refractivity contribution in [2.24, 2.45) is 4.99 Å². The number of carbonyl (C=O) groups is 1. The van der Waals surface area contributed by atoms with Gasteiger partial charge in [0.1, 0.15) is 6.61 Å². The Bertz CT molecular complexity index is 1840. The topological polar surface area (TPSA) is 109 Å². The van der Waals surface area contributed by atoms with E-state index in [1.807, 2.05) is 36.4 Å². The Labute approximate surface area is 246 Å². The summed E-state index contributed by atoms with van der Waals surface area (Å²) in [5, 5.41) is 9.97. The smallest absolute Gasteiger partial charge is 0.338 e. The predicted molar refractivity (Wildman–Crippen MR) is 159 cm³/mol. The molecule has 1 unspecified atom stereocenters. The minimum atomic E-state index is -0.811. The average Bonchev–Trinajstić information content (AvgIpc) is 3.30. The molecule has 1 N–H and O–H groups in total. The third kappa shape index (κ3) is 5.66. The van der Waals surface area contributed by atoms with E-state index in [1.165, 1.54) is 29.1 Å². The van der Waals surface area contributed by atoms with Crippen molar-refractivity contribution in [2.45, 2.75) is 26.5 Å². The summed E-state index contributed by atoms with van der Waals surface area (Å²) < 4.78 is 24.2. The zero-order chi connectivity index (χ0) is 29.8. The minimum Gasteiger partial charge on any atom is -0.504 e. The molecule has 3 aromatic carbocycles. The fourth-order valence-electron chi connectivity index (χ4n) is 4.75. The van der Waals surface area contributed by atoms with Crippen LogP contribution in [0.5, 0.6) is 23.0 Å². The molecule has 0 aliphatic carbocycles. The number of carbonyl (C=O) groups excluding carboxylic acids is 1. The lowest BCUT2D eigenvalue weighted by atomic mass is 9.95. The Morgan fingerprint density at radius 1 is 1.02 bits per heavy atom. The molecule has 0 bridgehead atoms. The van der Waals surface area contributed by atoms with Crippen molar-refractivity contribution in [1.82, 2.24) is 4.57 Å². The molecule has 0 saturated heterocycles. The molecule has 1 aromatic heterocycles. The number of aromatic nitrogens is 1. The summed E-state index contributed by atoms with van der Waals surface area (Å²) in [6, 6.07) is 19.1. The second-order valence-electron chi connectivity index (χ2n) is 9.42. The Morgan fingerprint density at radius 2 is 1.79 bits per heavy atom. The molecule has 5 rings (SSSR count). The molecule has 216 valence electrons. The van der Waals surface area contributed by atoms with Gasteiger partial charge < -0.3 is 24.1 Å². The average molecular weight is 587 g/mol. The molecule has 0 fully saturated rings. The van der Waals surface area contributed by atoms with Crippen molar-refractivity contribution < 1.29 is 28.8 Å². The van der Waals surface area contributed by atoms with Crippen molar-refractivity contribution in [3.8, 4) is 23.0 Å². The van der Waals surface area contributed by atoms with Crippen LogP contribution in [0.3, 0.4) is 0 Å². The fourth-order valence-corrected chi connectivity index (χ4v) is 5.80. The first-order valence-corrected chi connectivity index (χ1v) is 14.1. The number of fused-ring (bicyclic) bond motifs is 1. The number of allylic oxidation sites excluding steroid dienone is 1. The van der Waals surface area contributed by atoms with E-state index in [0.29, 0.717) is 44.3 Å². The van der Waals surface area contributed by atoms with Gasteiger partial charge in [-0.2, -0.15) is 0 Å². The van der Waals surface area contributed by atoms with E-state index in [2.05, 4.69) is 4.99 Å². The molecule has 2 heterocycles. The van der Waals surface area contributed by atoms with E-state index in [4.69, 9.17) is 18.9 Å².